The van der Waals surface area contributed by atoms with Gasteiger partial charge in [0.1, 0.15) is 5.82 Å². The fourth-order valence-electron chi connectivity index (χ4n) is 7.27. The van der Waals surface area contributed by atoms with Gasteiger partial charge in [-0.25, -0.2) is 4.98 Å². The molecule has 262 valence electrons. The summed E-state index contributed by atoms with van der Waals surface area (Å²) >= 11 is 1.80. The molecule has 53 heavy (non-hydrogen) atoms. The van der Waals surface area contributed by atoms with Gasteiger partial charge in [0, 0.05) is 81.5 Å². The van der Waals surface area contributed by atoms with E-state index in [0.29, 0.717) is 11.5 Å². The molecule has 0 spiro atoms. The molecule has 10 rings (SSSR count). The summed E-state index contributed by atoms with van der Waals surface area (Å²) in [5, 5.41) is 4.65. The van der Waals surface area contributed by atoms with E-state index in [1.165, 1.54) is 20.2 Å². The van der Waals surface area contributed by atoms with Crippen molar-refractivity contribution in [1.82, 2.24) is 9.55 Å². The van der Waals surface area contributed by atoms with Crippen molar-refractivity contribution in [2.24, 2.45) is 0 Å². The molecule has 5 nitrogen and oxygen atoms in total. The molecule has 0 radical (unpaired) electrons. The van der Waals surface area contributed by atoms with Gasteiger partial charge in [-0.1, -0.05) is 93.0 Å². The summed E-state index contributed by atoms with van der Waals surface area (Å²) in [4.78, 5) is 9.44. The molecule has 1 aliphatic rings. The Morgan fingerprint density at radius 2 is 1.36 bits per heavy atom. The van der Waals surface area contributed by atoms with Crippen LogP contribution in [0.15, 0.2) is 140 Å². The average Bonchev–Trinajstić information content (AvgIpc) is 3.84. The standard InChI is InChI=1S/C46H33N4OS.Pt/c1-46(2,3)30-23-32(49-29-48(31-13-5-4-6-14-31)40-18-10-11-19-41(40)49)25-34(24-30)51-33-21-22-36-35-15-7-9-17-39(35)50(42(36)26-33)45-27-44-38(28-47-45)37-16-8-12-20-43(37)52-44;/h4-24,27-29H,1-3H3;/q-3;. The number of anilines is 4. The molecule has 6 aromatic carbocycles. The number of ether oxygens (including phenoxy) is 1. The molecule has 0 atom stereocenters. The normalized spacial score (nSPS) is 12.9. The Hall–Kier alpha value is -5.42. The fraction of sp³-hybridized carbons (Fsp3) is 0.0870. The van der Waals surface area contributed by atoms with Gasteiger partial charge in [0.2, 0.25) is 0 Å². The molecular weight excluding hydrogens is 852 g/mol. The zero-order valence-electron chi connectivity index (χ0n) is 29.3. The Bertz CT molecular complexity index is 2820. The fourth-order valence-corrected chi connectivity index (χ4v) is 8.37. The Balaban J connectivity index is 0.00000372. The molecule has 3 aromatic heterocycles. The van der Waals surface area contributed by atoms with Crippen LogP contribution in [0.4, 0.5) is 22.7 Å². The van der Waals surface area contributed by atoms with Crippen LogP contribution in [0.5, 0.6) is 11.5 Å². The molecule has 0 amide bonds. The van der Waals surface area contributed by atoms with Gasteiger partial charge in [-0.3, -0.25) is 0 Å². The molecule has 0 saturated carbocycles. The second-order valence-electron chi connectivity index (χ2n) is 14.2. The van der Waals surface area contributed by atoms with Gasteiger partial charge in [-0.2, -0.15) is 6.07 Å². The maximum Gasteiger partial charge on any atom is 0.137 e. The van der Waals surface area contributed by atoms with Crippen molar-refractivity contribution in [2.45, 2.75) is 26.2 Å². The first-order valence-electron chi connectivity index (χ1n) is 17.5. The Morgan fingerprint density at radius 1 is 0.642 bits per heavy atom. The number of benzene rings is 6. The number of para-hydroxylation sites is 4. The van der Waals surface area contributed by atoms with Gasteiger partial charge in [-0.05, 0) is 53.3 Å². The number of hydrogen-bond acceptors (Lipinski definition) is 5. The maximum atomic E-state index is 6.72. The number of thiophene rings is 1. The molecule has 4 heterocycles. The van der Waals surface area contributed by atoms with Crippen LogP contribution < -0.4 is 14.5 Å². The van der Waals surface area contributed by atoms with E-state index < -0.39 is 0 Å². The molecule has 0 fully saturated rings. The first-order valence-corrected chi connectivity index (χ1v) is 18.3. The summed E-state index contributed by atoms with van der Waals surface area (Å²) in [6.07, 6.45) is 2.01. The summed E-state index contributed by atoms with van der Waals surface area (Å²) in [5.41, 5.74) is 7.21. The van der Waals surface area contributed by atoms with E-state index in [1.807, 2.05) is 18.3 Å². The summed E-state index contributed by atoms with van der Waals surface area (Å²) in [5.74, 6) is 2.10. The second kappa shape index (κ2) is 12.9. The predicted octanol–water partition coefficient (Wildman–Crippen LogP) is 12.6. The van der Waals surface area contributed by atoms with Crippen LogP contribution in [0, 0.1) is 18.8 Å². The molecule has 0 unspecified atom stereocenters. The average molecular weight is 885 g/mol. The third-order valence-electron chi connectivity index (χ3n) is 9.88. The topological polar surface area (TPSA) is 33.5 Å². The third kappa shape index (κ3) is 5.69. The van der Waals surface area contributed by atoms with E-state index >= 15 is 0 Å². The monoisotopic (exact) mass is 884 g/mol. The number of fused-ring (bicyclic) bond motifs is 7. The summed E-state index contributed by atoms with van der Waals surface area (Å²) < 4.78 is 11.4. The molecule has 0 saturated heterocycles. The third-order valence-corrected chi connectivity index (χ3v) is 11.0. The Kier molecular flexibility index (Phi) is 8.14. The number of rotatable bonds is 5. The van der Waals surface area contributed by atoms with Crippen molar-refractivity contribution >= 4 is 76.1 Å². The van der Waals surface area contributed by atoms with Crippen LogP contribution >= 0.6 is 11.3 Å². The first-order chi connectivity index (χ1) is 25.4. The van der Waals surface area contributed by atoms with Crippen molar-refractivity contribution in [3.63, 3.8) is 0 Å². The number of pyridine rings is 1. The van der Waals surface area contributed by atoms with Gasteiger partial charge in [0.25, 0.3) is 0 Å². The minimum Gasteiger partial charge on any atom is -0.509 e. The van der Waals surface area contributed by atoms with E-state index in [2.05, 4.69) is 175 Å². The van der Waals surface area contributed by atoms with Gasteiger partial charge >= 0.3 is 0 Å². The van der Waals surface area contributed by atoms with Gasteiger partial charge in [0.05, 0.1) is 0 Å². The predicted molar refractivity (Wildman–Crippen MR) is 216 cm³/mol. The molecular formula is C46H33N4OPtS-3. The van der Waals surface area contributed by atoms with Gasteiger partial charge < -0.3 is 19.1 Å². The first kappa shape index (κ1) is 33.4. The van der Waals surface area contributed by atoms with Crippen molar-refractivity contribution in [3.8, 4) is 17.3 Å². The van der Waals surface area contributed by atoms with Crippen LogP contribution in [0.2, 0.25) is 0 Å². The van der Waals surface area contributed by atoms with Crippen LogP contribution in [0.25, 0.3) is 47.8 Å². The van der Waals surface area contributed by atoms with Crippen molar-refractivity contribution in [2.75, 3.05) is 9.80 Å². The van der Waals surface area contributed by atoms with Crippen LogP contribution in [-0.2, 0) is 26.5 Å². The largest absolute Gasteiger partial charge is 0.509 e. The molecule has 0 aliphatic carbocycles. The number of nitrogens with zero attached hydrogens (tertiary/aromatic N) is 4. The van der Waals surface area contributed by atoms with Crippen molar-refractivity contribution in [3.05, 3.63) is 164 Å². The zero-order valence-corrected chi connectivity index (χ0v) is 32.4. The van der Waals surface area contributed by atoms with Crippen LogP contribution in [0.3, 0.4) is 0 Å². The van der Waals surface area contributed by atoms with Gasteiger partial charge in [0.15, 0.2) is 0 Å². The van der Waals surface area contributed by atoms with E-state index in [9.17, 15) is 0 Å². The number of hydrogen-bond donors (Lipinski definition) is 0. The molecule has 0 bridgehead atoms. The van der Waals surface area contributed by atoms with E-state index in [1.54, 1.807) is 11.3 Å². The van der Waals surface area contributed by atoms with E-state index in [-0.39, 0.29) is 26.5 Å². The SMILES string of the molecule is CC(C)(C)c1cc(Oc2[c-]c3c(cc2)c2ccccc2n3-c2cc3sc4ccccc4c3cn2)[c-]c(N2[CH-]N(c3ccccc3)c3ccccc32)c1.[Pt]. The number of aromatic nitrogens is 2. The molecule has 7 heteroatoms. The smallest absolute Gasteiger partial charge is 0.137 e. The molecule has 1 aliphatic heterocycles. The molecule has 0 N–H and O–H groups in total. The zero-order chi connectivity index (χ0) is 35.0. The minimum absolute atomic E-state index is 0. The molecule has 9 aromatic rings. The Labute approximate surface area is 327 Å². The quantitative estimate of drug-likeness (QED) is 0.161. The minimum atomic E-state index is -0.128. The van der Waals surface area contributed by atoms with Gasteiger partial charge in [-0.15, -0.1) is 65.0 Å². The van der Waals surface area contributed by atoms with Crippen LogP contribution in [-0.4, -0.2) is 9.55 Å². The van der Waals surface area contributed by atoms with Crippen molar-refractivity contribution in [1.29, 1.82) is 0 Å². The van der Waals surface area contributed by atoms with Crippen molar-refractivity contribution < 1.29 is 25.8 Å². The van der Waals surface area contributed by atoms with E-state index in [4.69, 9.17) is 9.72 Å². The summed E-state index contributed by atoms with van der Waals surface area (Å²) in [6.45, 7) is 8.82. The van der Waals surface area contributed by atoms with Crippen LogP contribution in [0.1, 0.15) is 26.3 Å². The maximum absolute atomic E-state index is 6.72. The summed E-state index contributed by atoms with van der Waals surface area (Å²) in [6, 6.07) is 53.8. The Morgan fingerprint density at radius 3 is 2.17 bits per heavy atom. The van der Waals surface area contributed by atoms with E-state index in [0.717, 1.165) is 55.9 Å². The second-order valence-corrected chi connectivity index (χ2v) is 15.3. The summed E-state index contributed by atoms with van der Waals surface area (Å²) in [7, 11) is 0.